The Morgan fingerprint density at radius 3 is 2.52 bits per heavy atom. The van der Waals surface area contributed by atoms with Gasteiger partial charge in [0.2, 0.25) is 0 Å². The number of ether oxygens (including phenoxy) is 1. The molecule has 0 spiro atoms. The first-order valence-electron chi connectivity index (χ1n) is 8.33. The molecule has 0 radical (unpaired) electrons. The third-order valence-electron chi connectivity index (χ3n) is 4.06. The standard InChI is InChI=1S/C21H21NO2S/c1-3-24-21(23)19-18(16-10-5-4-6-11-16)14-25-20(19)22-13-17-12-8-7-9-15(17)2/h4-12,14,22H,3,13H2,1-2H3. The summed E-state index contributed by atoms with van der Waals surface area (Å²) in [7, 11) is 0. The molecule has 0 bridgehead atoms. The van der Waals surface area contributed by atoms with E-state index in [2.05, 4.69) is 24.4 Å². The highest BCUT2D eigenvalue weighted by atomic mass is 32.1. The van der Waals surface area contributed by atoms with E-state index in [1.54, 1.807) is 0 Å². The maximum Gasteiger partial charge on any atom is 0.341 e. The molecule has 0 saturated heterocycles. The van der Waals surface area contributed by atoms with Crippen LogP contribution in [0.2, 0.25) is 0 Å². The molecule has 1 N–H and O–H groups in total. The normalized spacial score (nSPS) is 10.5. The monoisotopic (exact) mass is 351 g/mol. The number of nitrogens with one attached hydrogen (secondary N) is 1. The van der Waals surface area contributed by atoms with Crippen molar-refractivity contribution in [1.29, 1.82) is 0 Å². The number of anilines is 1. The van der Waals surface area contributed by atoms with Gasteiger partial charge in [0.1, 0.15) is 10.6 Å². The van der Waals surface area contributed by atoms with Gasteiger partial charge in [-0.3, -0.25) is 0 Å². The van der Waals surface area contributed by atoms with Crippen molar-refractivity contribution in [2.24, 2.45) is 0 Å². The van der Waals surface area contributed by atoms with Gasteiger partial charge in [0.05, 0.1) is 6.61 Å². The summed E-state index contributed by atoms with van der Waals surface area (Å²) in [5, 5.41) is 6.28. The summed E-state index contributed by atoms with van der Waals surface area (Å²) in [4.78, 5) is 12.5. The number of aryl methyl sites for hydroxylation is 1. The topological polar surface area (TPSA) is 38.3 Å². The lowest BCUT2D eigenvalue weighted by molar-refractivity contribution is 0.0529. The SMILES string of the molecule is CCOC(=O)c1c(-c2ccccc2)csc1NCc1ccccc1C. The van der Waals surface area contributed by atoms with Gasteiger partial charge in [-0.1, -0.05) is 54.6 Å². The number of thiophene rings is 1. The summed E-state index contributed by atoms with van der Waals surface area (Å²) in [6.45, 7) is 4.95. The van der Waals surface area contributed by atoms with Crippen LogP contribution in [0.1, 0.15) is 28.4 Å². The van der Waals surface area contributed by atoms with E-state index >= 15 is 0 Å². The molecule has 0 fully saturated rings. The predicted molar refractivity (Wildman–Crippen MR) is 104 cm³/mol. The van der Waals surface area contributed by atoms with Crippen LogP contribution >= 0.6 is 11.3 Å². The minimum Gasteiger partial charge on any atom is -0.462 e. The largest absolute Gasteiger partial charge is 0.462 e. The maximum atomic E-state index is 12.5. The Morgan fingerprint density at radius 1 is 1.08 bits per heavy atom. The number of carbonyl (C=O) groups excluding carboxylic acids is 1. The summed E-state index contributed by atoms with van der Waals surface area (Å²) in [6, 6.07) is 18.2. The number of esters is 1. The fraction of sp³-hybridized carbons (Fsp3) is 0.190. The molecule has 1 aromatic heterocycles. The first-order chi connectivity index (χ1) is 12.2. The average molecular weight is 351 g/mol. The van der Waals surface area contributed by atoms with E-state index in [1.165, 1.54) is 22.5 Å². The molecule has 25 heavy (non-hydrogen) atoms. The number of hydrogen-bond donors (Lipinski definition) is 1. The lowest BCUT2D eigenvalue weighted by atomic mass is 10.0. The van der Waals surface area contributed by atoms with Crippen LogP contribution in [0.4, 0.5) is 5.00 Å². The van der Waals surface area contributed by atoms with Gasteiger partial charge in [-0.25, -0.2) is 4.79 Å². The summed E-state index contributed by atoms with van der Waals surface area (Å²) < 4.78 is 5.29. The van der Waals surface area contributed by atoms with Crippen LogP contribution in [0.5, 0.6) is 0 Å². The highest BCUT2D eigenvalue weighted by Gasteiger charge is 2.21. The van der Waals surface area contributed by atoms with Gasteiger partial charge in [-0.15, -0.1) is 11.3 Å². The Hall–Kier alpha value is -2.59. The molecule has 4 heteroatoms. The minimum absolute atomic E-state index is 0.283. The van der Waals surface area contributed by atoms with Gasteiger partial charge in [0.25, 0.3) is 0 Å². The Bertz CT molecular complexity index is 855. The van der Waals surface area contributed by atoms with E-state index in [0.29, 0.717) is 18.7 Å². The van der Waals surface area contributed by atoms with Gasteiger partial charge in [-0.2, -0.15) is 0 Å². The third kappa shape index (κ3) is 3.91. The van der Waals surface area contributed by atoms with Crippen molar-refractivity contribution >= 4 is 22.3 Å². The fourth-order valence-corrected chi connectivity index (χ4v) is 3.66. The molecule has 0 atom stereocenters. The second-order valence-corrected chi connectivity index (χ2v) is 6.60. The molecule has 0 aliphatic rings. The molecule has 0 unspecified atom stereocenters. The van der Waals surface area contributed by atoms with Gasteiger partial charge in [-0.05, 0) is 30.5 Å². The molecule has 0 amide bonds. The fourth-order valence-electron chi connectivity index (χ4n) is 2.71. The maximum absolute atomic E-state index is 12.5. The Labute approximate surface area is 152 Å². The Balaban J connectivity index is 1.92. The van der Waals surface area contributed by atoms with Crippen molar-refractivity contribution < 1.29 is 9.53 Å². The van der Waals surface area contributed by atoms with Gasteiger partial charge in [0.15, 0.2) is 0 Å². The second kappa shape index (κ2) is 7.99. The van der Waals surface area contributed by atoms with Gasteiger partial charge >= 0.3 is 5.97 Å². The van der Waals surface area contributed by atoms with Crippen LogP contribution in [0, 0.1) is 6.92 Å². The molecule has 0 aliphatic carbocycles. The molecule has 3 rings (SSSR count). The lowest BCUT2D eigenvalue weighted by Crippen LogP contribution is -2.09. The summed E-state index contributed by atoms with van der Waals surface area (Å²) >= 11 is 1.54. The molecule has 3 aromatic rings. The summed E-state index contributed by atoms with van der Waals surface area (Å²) in [6.07, 6.45) is 0. The van der Waals surface area contributed by atoms with Crippen LogP contribution in [-0.2, 0) is 11.3 Å². The van der Waals surface area contributed by atoms with Crippen LogP contribution in [-0.4, -0.2) is 12.6 Å². The zero-order valence-electron chi connectivity index (χ0n) is 14.4. The summed E-state index contributed by atoms with van der Waals surface area (Å²) in [5.74, 6) is -0.283. The smallest absolute Gasteiger partial charge is 0.341 e. The van der Waals surface area contributed by atoms with Crippen LogP contribution in [0.3, 0.4) is 0 Å². The van der Waals surface area contributed by atoms with Crippen LogP contribution in [0.15, 0.2) is 60.0 Å². The van der Waals surface area contributed by atoms with Crippen LogP contribution in [0.25, 0.3) is 11.1 Å². The van der Waals surface area contributed by atoms with Crippen molar-refractivity contribution in [3.8, 4) is 11.1 Å². The molecular weight excluding hydrogens is 330 g/mol. The molecular formula is C21H21NO2S. The van der Waals surface area contributed by atoms with Crippen molar-refractivity contribution in [3.63, 3.8) is 0 Å². The van der Waals surface area contributed by atoms with Crippen LogP contribution < -0.4 is 5.32 Å². The quantitative estimate of drug-likeness (QED) is 0.595. The number of benzene rings is 2. The molecule has 0 saturated carbocycles. The molecule has 128 valence electrons. The Morgan fingerprint density at radius 2 is 1.80 bits per heavy atom. The lowest BCUT2D eigenvalue weighted by Gasteiger charge is -2.11. The Kier molecular flexibility index (Phi) is 5.51. The molecule has 0 aliphatic heterocycles. The minimum atomic E-state index is -0.283. The highest BCUT2D eigenvalue weighted by molar-refractivity contribution is 7.15. The average Bonchev–Trinajstić information content (AvgIpc) is 3.06. The number of carbonyl (C=O) groups is 1. The third-order valence-corrected chi connectivity index (χ3v) is 4.99. The number of hydrogen-bond acceptors (Lipinski definition) is 4. The van der Waals surface area contributed by atoms with Gasteiger partial charge < -0.3 is 10.1 Å². The highest BCUT2D eigenvalue weighted by Crippen LogP contribution is 2.36. The zero-order valence-corrected chi connectivity index (χ0v) is 15.2. The van der Waals surface area contributed by atoms with E-state index in [9.17, 15) is 4.79 Å². The summed E-state index contributed by atoms with van der Waals surface area (Å²) in [5.41, 5.74) is 4.99. The van der Waals surface area contributed by atoms with Crippen molar-refractivity contribution in [2.75, 3.05) is 11.9 Å². The van der Waals surface area contributed by atoms with Crippen molar-refractivity contribution in [1.82, 2.24) is 0 Å². The molecule has 3 nitrogen and oxygen atoms in total. The van der Waals surface area contributed by atoms with E-state index in [0.717, 1.165) is 16.1 Å². The number of rotatable bonds is 6. The van der Waals surface area contributed by atoms with Crippen molar-refractivity contribution in [2.45, 2.75) is 20.4 Å². The van der Waals surface area contributed by atoms with Crippen molar-refractivity contribution in [3.05, 3.63) is 76.7 Å². The second-order valence-electron chi connectivity index (χ2n) is 5.72. The van der Waals surface area contributed by atoms with E-state index in [4.69, 9.17) is 4.74 Å². The van der Waals surface area contributed by atoms with E-state index in [-0.39, 0.29) is 5.97 Å². The van der Waals surface area contributed by atoms with E-state index < -0.39 is 0 Å². The van der Waals surface area contributed by atoms with Gasteiger partial charge in [0, 0.05) is 17.5 Å². The predicted octanol–water partition coefficient (Wildman–Crippen LogP) is 5.51. The first kappa shape index (κ1) is 17.2. The molecule has 1 heterocycles. The van der Waals surface area contributed by atoms with E-state index in [1.807, 2.05) is 54.8 Å². The molecule has 2 aromatic carbocycles. The zero-order chi connectivity index (χ0) is 17.6. The first-order valence-corrected chi connectivity index (χ1v) is 9.21.